The van der Waals surface area contributed by atoms with Gasteiger partial charge in [0.25, 0.3) is 0 Å². The summed E-state index contributed by atoms with van der Waals surface area (Å²) in [6.07, 6.45) is 3.49. The topological polar surface area (TPSA) is 56.5 Å². The van der Waals surface area contributed by atoms with Crippen molar-refractivity contribution in [1.29, 1.82) is 0 Å². The number of cyclic esters (lactones) is 1. The second-order valence-electron chi connectivity index (χ2n) is 6.75. The van der Waals surface area contributed by atoms with Crippen LogP contribution in [-0.4, -0.2) is 11.8 Å². The standard InChI is InChI=1S/C17H20O4/c1-9-14-13(12(10(2)18)7-17(14,3)4)15(21-16(9)19)11-5-6-20-8-11/h5-6,8,12-13,15H,7H2,1-4H3/t12-,13-,15+/m0/s1. The molecule has 0 N–H and O–H groups in total. The first kappa shape index (κ1) is 14.1. The van der Waals surface area contributed by atoms with Crippen LogP contribution >= 0.6 is 0 Å². The molecule has 1 aromatic rings. The summed E-state index contributed by atoms with van der Waals surface area (Å²) in [5.41, 5.74) is 2.40. The lowest BCUT2D eigenvalue weighted by Gasteiger charge is -2.35. The molecule has 2 heterocycles. The second kappa shape index (κ2) is 4.58. The van der Waals surface area contributed by atoms with E-state index in [-0.39, 0.29) is 29.0 Å². The van der Waals surface area contributed by atoms with Crippen molar-refractivity contribution in [1.82, 2.24) is 0 Å². The van der Waals surface area contributed by atoms with E-state index in [0.717, 1.165) is 17.6 Å². The highest BCUT2D eigenvalue weighted by atomic mass is 16.5. The van der Waals surface area contributed by atoms with E-state index in [0.29, 0.717) is 5.57 Å². The Morgan fingerprint density at radius 2 is 2.10 bits per heavy atom. The molecule has 0 bridgehead atoms. The fourth-order valence-electron chi connectivity index (χ4n) is 4.05. The van der Waals surface area contributed by atoms with Gasteiger partial charge >= 0.3 is 5.97 Å². The van der Waals surface area contributed by atoms with Crippen LogP contribution in [0.5, 0.6) is 0 Å². The minimum Gasteiger partial charge on any atom is -0.472 e. The number of fused-ring (bicyclic) bond motifs is 1. The summed E-state index contributed by atoms with van der Waals surface area (Å²) in [5, 5.41) is 0. The number of rotatable bonds is 2. The van der Waals surface area contributed by atoms with E-state index in [1.807, 2.05) is 0 Å². The van der Waals surface area contributed by atoms with E-state index < -0.39 is 6.10 Å². The molecule has 1 fully saturated rings. The molecule has 112 valence electrons. The van der Waals surface area contributed by atoms with Crippen LogP contribution in [0.1, 0.15) is 45.8 Å². The molecule has 4 heteroatoms. The van der Waals surface area contributed by atoms with Gasteiger partial charge in [0, 0.05) is 23.0 Å². The van der Waals surface area contributed by atoms with E-state index >= 15 is 0 Å². The van der Waals surface area contributed by atoms with Crippen LogP contribution < -0.4 is 0 Å². The van der Waals surface area contributed by atoms with Gasteiger partial charge in [-0.15, -0.1) is 0 Å². The van der Waals surface area contributed by atoms with Gasteiger partial charge in [-0.05, 0) is 37.3 Å². The van der Waals surface area contributed by atoms with Crippen LogP contribution in [0.3, 0.4) is 0 Å². The van der Waals surface area contributed by atoms with Crippen molar-refractivity contribution < 1.29 is 18.7 Å². The number of Topliss-reactive ketones (excluding diaryl/α,β-unsaturated/α-hetero) is 1. The van der Waals surface area contributed by atoms with Crippen molar-refractivity contribution in [3.63, 3.8) is 0 Å². The van der Waals surface area contributed by atoms with E-state index in [1.165, 1.54) is 0 Å². The van der Waals surface area contributed by atoms with Gasteiger partial charge in [-0.2, -0.15) is 0 Å². The van der Waals surface area contributed by atoms with Crippen molar-refractivity contribution in [2.45, 2.75) is 40.2 Å². The van der Waals surface area contributed by atoms with Gasteiger partial charge in [-0.3, -0.25) is 4.79 Å². The van der Waals surface area contributed by atoms with E-state index in [1.54, 1.807) is 32.4 Å². The maximum atomic E-state index is 12.2. The summed E-state index contributed by atoms with van der Waals surface area (Å²) in [6.45, 7) is 7.64. The molecule has 2 aliphatic rings. The van der Waals surface area contributed by atoms with Crippen LogP contribution in [-0.2, 0) is 14.3 Å². The fourth-order valence-corrected chi connectivity index (χ4v) is 4.05. The SMILES string of the molecule is CC(=O)[C@@H]1CC(C)(C)C2=C(C)C(=O)O[C@H](c3ccoc3)[C@H]21. The minimum absolute atomic E-state index is 0.0761. The Hall–Kier alpha value is -1.84. The molecule has 1 aliphatic heterocycles. The van der Waals surface area contributed by atoms with Crippen molar-refractivity contribution in [2.24, 2.45) is 17.3 Å². The first-order chi connectivity index (χ1) is 9.83. The van der Waals surface area contributed by atoms with Gasteiger partial charge in [0.2, 0.25) is 0 Å². The maximum absolute atomic E-state index is 12.2. The monoisotopic (exact) mass is 288 g/mol. The number of hydrogen-bond acceptors (Lipinski definition) is 4. The van der Waals surface area contributed by atoms with Gasteiger partial charge in [0.1, 0.15) is 11.9 Å². The van der Waals surface area contributed by atoms with Crippen molar-refractivity contribution in [2.75, 3.05) is 0 Å². The Labute approximate surface area is 124 Å². The number of hydrogen-bond donors (Lipinski definition) is 0. The summed E-state index contributed by atoms with van der Waals surface area (Å²) < 4.78 is 10.8. The van der Waals surface area contributed by atoms with Gasteiger partial charge in [-0.25, -0.2) is 4.79 Å². The molecular formula is C17H20O4. The quantitative estimate of drug-likeness (QED) is 0.782. The fraction of sp³-hybridized carbons (Fsp3) is 0.529. The van der Waals surface area contributed by atoms with Crippen molar-refractivity contribution >= 4 is 11.8 Å². The molecule has 3 atom stereocenters. The predicted octanol–water partition coefficient (Wildman–Crippen LogP) is 3.45. The normalized spacial score (nSPS) is 31.0. The molecule has 1 aromatic heterocycles. The van der Waals surface area contributed by atoms with E-state index in [4.69, 9.17) is 9.15 Å². The third-order valence-corrected chi connectivity index (χ3v) is 4.89. The van der Waals surface area contributed by atoms with Crippen LogP contribution in [0.2, 0.25) is 0 Å². The Bertz CT molecular complexity index is 621. The molecule has 0 saturated heterocycles. The van der Waals surface area contributed by atoms with Crippen LogP contribution in [0.4, 0.5) is 0 Å². The van der Waals surface area contributed by atoms with Gasteiger partial charge < -0.3 is 9.15 Å². The van der Waals surface area contributed by atoms with Crippen molar-refractivity contribution in [3.8, 4) is 0 Å². The first-order valence-electron chi connectivity index (χ1n) is 7.27. The molecule has 0 spiro atoms. The zero-order valence-electron chi connectivity index (χ0n) is 12.8. The average molecular weight is 288 g/mol. The molecule has 0 radical (unpaired) electrons. The lowest BCUT2D eigenvalue weighted by molar-refractivity contribution is -0.151. The molecular weight excluding hydrogens is 268 g/mol. The Balaban J connectivity index is 2.16. The molecule has 0 aromatic carbocycles. The summed E-state index contributed by atoms with van der Waals surface area (Å²) in [7, 11) is 0. The summed E-state index contributed by atoms with van der Waals surface area (Å²) in [6, 6.07) is 1.80. The first-order valence-corrected chi connectivity index (χ1v) is 7.27. The summed E-state index contributed by atoms with van der Waals surface area (Å²) >= 11 is 0. The molecule has 0 amide bonds. The molecule has 21 heavy (non-hydrogen) atoms. The number of carbonyl (C=O) groups is 2. The number of esters is 1. The lowest BCUT2D eigenvalue weighted by Crippen LogP contribution is -2.33. The molecule has 1 saturated carbocycles. The molecule has 1 aliphatic carbocycles. The minimum atomic E-state index is -0.425. The number of ketones is 1. The third-order valence-electron chi connectivity index (χ3n) is 4.89. The number of furan rings is 1. The maximum Gasteiger partial charge on any atom is 0.334 e. The van der Waals surface area contributed by atoms with E-state index in [9.17, 15) is 9.59 Å². The molecule has 4 nitrogen and oxygen atoms in total. The Kier molecular flexibility index (Phi) is 3.08. The highest BCUT2D eigenvalue weighted by Crippen LogP contribution is 2.58. The van der Waals surface area contributed by atoms with Crippen molar-refractivity contribution in [3.05, 3.63) is 35.3 Å². The van der Waals surface area contributed by atoms with Gasteiger partial charge in [0.05, 0.1) is 12.5 Å². The zero-order valence-corrected chi connectivity index (χ0v) is 12.8. The van der Waals surface area contributed by atoms with Crippen LogP contribution in [0, 0.1) is 17.3 Å². The second-order valence-corrected chi connectivity index (χ2v) is 6.75. The average Bonchev–Trinajstić information content (AvgIpc) is 3.00. The van der Waals surface area contributed by atoms with Crippen LogP contribution in [0.15, 0.2) is 34.2 Å². The summed E-state index contributed by atoms with van der Waals surface area (Å²) in [5.74, 6) is -0.321. The highest BCUT2D eigenvalue weighted by molar-refractivity contribution is 5.91. The Morgan fingerprint density at radius 3 is 2.67 bits per heavy atom. The largest absolute Gasteiger partial charge is 0.472 e. The Morgan fingerprint density at radius 1 is 1.38 bits per heavy atom. The van der Waals surface area contributed by atoms with Gasteiger partial charge in [-0.1, -0.05) is 13.8 Å². The smallest absolute Gasteiger partial charge is 0.334 e. The summed E-state index contributed by atoms with van der Waals surface area (Å²) in [4.78, 5) is 24.3. The third kappa shape index (κ3) is 2.04. The lowest BCUT2D eigenvalue weighted by atomic mass is 9.77. The number of carbonyl (C=O) groups excluding carboxylic acids is 2. The van der Waals surface area contributed by atoms with E-state index in [2.05, 4.69) is 13.8 Å². The van der Waals surface area contributed by atoms with Gasteiger partial charge in [0.15, 0.2) is 0 Å². The highest BCUT2D eigenvalue weighted by Gasteiger charge is 2.54. The van der Waals surface area contributed by atoms with Crippen LogP contribution in [0.25, 0.3) is 0 Å². The molecule has 3 rings (SSSR count). The number of ether oxygens (including phenoxy) is 1. The predicted molar refractivity (Wildman–Crippen MR) is 76.3 cm³/mol. The zero-order chi connectivity index (χ0) is 15.4. The molecule has 0 unspecified atom stereocenters.